The summed E-state index contributed by atoms with van der Waals surface area (Å²) >= 11 is 0. The molecule has 1 atom stereocenters. The Hall–Kier alpha value is -1.73. The van der Waals surface area contributed by atoms with Crippen molar-refractivity contribution < 1.29 is 23.6 Å². The van der Waals surface area contributed by atoms with Gasteiger partial charge in [-0.15, -0.1) is 0 Å². The number of rotatable bonds is 2. The predicted octanol–water partition coefficient (Wildman–Crippen LogP) is 1.73. The molecule has 0 fully saturated rings. The van der Waals surface area contributed by atoms with Crippen molar-refractivity contribution in [2.75, 3.05) is 19.8 Å². The third-order valence-electron chi connectivity index (χ3n) is 3.45. The molecule has 3 heterocycles. The molecule has 0 bridgehead atoms. The fourth-order valence-corrected chi connectivity index (χ4v) is 2.58. The van der Waals surface area contributed by atoms with E-state index in [1.807, 2.05) is 32.9 Å². The number of amides is 1. The molecule has 0 spiro atoms. The molecule has 0 radical (unpaired) electrons. The van der Waals surface area contributed by atoms with Gasteiger partial charge in [0.15, 0.2) is 0 Å². The average molecular weight is 305 g/mol. The molecule has 22 heavy (non-hydrogen) atoms. The van der Waals surface area contributed by atoms with Gasteiger partial charge in [-0.1, -0.05) is 0 Å². The van der Waals surface area contributed by atoms with Gasteiger partial charge in [-0.05, 0) is 49.5 Å². The van der Waals surface area contributed by atoms with Crippen molar-refractivity contribution in [3.05, 3.63) is 35.0 Å². The van der Waals surface area contributed by atoms with Gasteiger partial charge in [-0.3, -0.25) is 0 Å². The fourth-order valence-electron chi connectivity index (χ4n) is 2.58. The Labute approximate surface area is 130 Å². The quantitative estimate of drug-likeness (QED) is 0.787. The molecule has 3 rings (SSSR count). The van der Waals surface area contributed by atoms with Crippen LogP contribution in [0.3, 0.4) is 0 Å². The average Bonchev–Trinajstić information content (AvgIpc) is 2.70. The van der Waals surface area contributed by atoms with Gasteiger partial charge in [0, 0.05) is 6.54 Å². The number of hydrogen-bond acceptors (Lipinski definition) is 5. The highest BCUT2D eigenvalue weighted by Gasteiger charge is 2.40. The SMILES string of the molecule is CC(C)(C)OC(=O)NCC1C=C2C=COCC3=C2B(OC3)O1. The number of alkyl carbamates (subject to hydrolysis) is 1. The first kappa shape index (κ1) is 15.2. The minimum atomic E-state index is -0.517. The van der Waals surface area contributed by atoms with E-state index >= 15 is 0 Å². The summed E-state index contributed by atoms with van der Waals surface area (Å²) in [6.45, 7) is 6.86. The van der Waals surface area contributed by atoms with Crippen LogP contribution in [0, 0.1) is 0 Å². The van der Waals surface area contributed by atoms with Crippen molar-refractivity contribution in [1.29, 1.82) is 0 Å². The molecule has 1 unspecified atom stereocenters. The Morgan fingerprint density at radius 1 is 1.45 bits per heavy atom. The lowest BCUT2D eigenvalue weighted by atomic mass is 9.71. The van der Waals surface area contributed by atoms with E-state index in [1.165, 1.54) is 0 Å². The zero-order valence-electron chi connectivity index (χ0n) is 13.0. The van der Waals surface area contributed by atoms with Gasteiger partial charge < -0.3 is 24.1 Å². The molecule has 0 saturated carbocycles. The third-order valence-corrected chi connectivity index (χ3v) is 3.45. The normalized spacial score (nSPS) is 23.5. The van der Waals surface area contributed by atoms with Crippen molar-refractivity contribution in [3.8, 4) is 0 Å². The van der Waals surface area contributed by atoms with E-state index in [1.54, 1.807) is 6.26 Å². The Morgan fingerprint density at radius 3 is 3.05 bits per heavy atom. The second-order valence-corrected chi connectivity index (χ2v) is 6.45. The minimum absolute atomic E-state index is 0.265. The number of allylic oxidation sites excluding steroid dienone is 3. The summed E-state index contributed by atoms with van der Waals surface area (Å²) in [5.74, 6) is 0. The molecular formula is C15H20BNO5. The summed E-state index contributed by atoms with van der Waals surface area (Å²) in [7, 11) is -0.383. The Balaban J connectivity index is 1.65. The molecule has 1 amide bonds. The monoisotopic (exact) mass is 305 g/mol. The van der Waals surface area contributed by atoms with Gasteiger partial charge >= 0.3 is 13.2 Å². The van der Waals surface area contributed by atoms with Crippen molar-refractivity contribution in [3.63, 3.8) is 0 Å². The molecular weight excluding hydrogens is 285 g/mol. The molecule has 3 aliphatic heterocycles. The van der Waals surface area contributed by atoms with Crippen LogP contribution in [0.25, 0.3) is 0 Å². The van der Waals surface area contributed by atoms with Gasteiger partial charge in [0.05, 0.1) is 19.0 Å². The van der Waals surface area contributed by atoms with Gasteiger partial charge in [0.2, 0.25) is 0 Å². The van der Waals surface area contributed by atoms with Crippen LogP contribution in [0.5, 0.6) is 0 Å². The lowest BCUT2D eigenvalue weighted by Crippen LogP contribution is -2.41. The maximum absolute atomic E-state index is 11.7. The van der Waals surface area contributed by atoms with Crippen LogP contribution in [-0.2, 0) is 18.8 Å². The van der Waals surface area contributed by atoms with Crippen LogP contribution in [0.4, 0.5) is 4.79 Å². The highest BCUT2D eigenvalue weighted by atomic mass is 16.6. The highest BCUT2D eigenvalue weighted by molar-refractivity contribution is 6.57. The molecule has 0 aliphatic carbocycles. The first-order valence-electron chi connectivity index (χ1n) is 7.38. The fraction of sp³-hybridized carbons (Fsp3) is 0.533. The molecule has 0 saturated heterocycles. The van der Waals surface area contributed by atoms with E-state index in [9.17, 15) is 4.79 Å². The van der Waals surface area contributed by atoms with E-state index in [-0.39, 0.29) is 13.2 Å². The lowest BCUT2D eigenvalue weighted by Gasteiger charge is -2.26. The Bertz CT molecular complexity index is 561. The molecule has 1 N–H and O–H groups in total. The van der Waals surface area contributed by atoms with E-state index in [0.717, 1.165) is 16.6 Å². The van der Waals surface area contributed by atoms with Gasteiger partial charge in [0.25, 0.3) is 0 Å². The second-order valence-electron chi connectivity index (χ2n) is 6.45. The van der Waals surface area contributed by atoms with Crippen LogP contribution < -0.4 is 5.32 Å². The van der Waals surface area contributed by atoms with E-state index < -0.39 is 11.7 Å². The zero-order chi connectivity index (χ0) is 15.7. The van der Waals surface area contributed by atoms with Crippen molar-refractivity contribution in [1.82, 2.24) is 5.32 Å². The standard InChI is InChI=1S/C15H20BNO5/c1-15(2,3)21-14(18)17-7-12-6-10-4-5-19-8-11-9-20-16(22-12)13(10)11/h4-6,12H,7-9H2,1-3H3,(H,17,18). The summed E-state index contributed by atoms with van der Waals surface area (Å²) in [5, 5.41) is 2.72. The third kappa shape index (κ3) is 3.36. The molecule has 0 aromatic heterocycles. The topological polar surface area (TPSA) is 66.0 Å². The summed E-state index contributed by atoms with van der Waals surface area (Å²) in [6, 6.07) is 0. The van der Waals surface area contributed by atoms with Gasteiger partial charge in [0.1, 0.15) is 12.2 Å². The number of carbonyl (C=O) groups excluding carboxylic acids is 1. The Kier molecular flexibility index (Phi) is 4.01. The summed E-state index contributed by atoms with van der Waals surface area (Å²) < 4.78 is 22.1. The first-order valence-corrected chi connectivity index (χ1v) is 7.38. The molecule has 6 nitrogen and oxygen atoms in total. The van der Waals surface area contributed by atoms with E-state index in [4.69, 9.17) is 18.8 Å². The van der Waals surface area contributed by atoms with Crippen LogP contribution in [0.15, 0.2) is 35.0 Å². The highest BCUT2D eigenvalue weighted by Crippen LogP contribution is 2.33. The van der Waals surface area contributed by atoms with Crippen molar-refractivity contribution in [2.24, 2.45) is 0 Å². The number of nitrogens with one attached hydrogen (secondary N) is 1. The van der Waals surface area contributed by atoms with Crippen LogP contribution >= 0.6 is 0 Å². The van der Waals surface area contributed by atoms with E-state index in [2.05, 4.69) is 5.32 Å². The maximum atomic E-state index is 11.7. The Morgan fingerprint density at radius 2 is 2.27 bits per heavy atom. The summed E-state index contributed by atoms with van der Waals surface area (Å²) in [5.41, 5.74) is 2.69. The van der Waals surface area contributed by atoms with Crippen LogP contribution in [0.2, 0.25) is 0 Å². The van der Waals surface area contributed by atoms with Gasteiger partial charge in [-0.2, -0.15) is 0 Å². The number of ether oxygens (including phenoxy) is 2. The van der Waals surface area contributed by atoms with Crippen molar-refractivity contribution >= 4 is 13.2 Å². The van der Waals surface area contributed by atoms with Crippen molar-refractivity contribution in [2.45, 2.75) is 32.5 Å². The molecule has 3 aliphatic rings. The number of hydrogen-bond donors (Lipinski definition) is 1. The maximum Gasteiger partial charge on any atom is 0.495 e. The van der Waals surface area contributed by atoms with Gasteiger partial charge in [-0.25, -0.2) is 4.79 Å². The minimum Gasteiger partial charge on any atom is -0.497 e. The first-order chi connectivity index (χ1) is 10.4. The van der Waals surface area contributed by atoms with Crippen LogP contribution in [0.1, 0.15) is 20.8 Å². The predicted molar refractivity (Wildman–Crippen MR) is 81.0 cm³/mol. The molecule has 7 heteroatoms. The summed E-state index contributed by atoms with van der Waals surface area (Å²) in [4.78, 5) is 11.7. The molecule has 118 valence electrons. The van der Waals surface area contributed by atoms with Crippen LogP contribution in [-0.4, -0.2) is 44.7 Å². The molecule has 0 aromatic carbocycles. The zero-order valence-corrected chi connectivity index (χ0v) is 13.0. The largest absolute Gasteiger partial charge is 0.497 e. The second kappa shape index (κ2) is 5.81. The molecule has 0 aromatic rings. The summed E-state index contributed by atoms with van der Waals surface area (Å²) in [6.07, 6.45) is 4.85. The smallest absolute Gasteiger partial charge is 0.495 e. The number of carbonyl (C=O) groups is 1. The lowest BCUT2D eigenvalue weighted by molar-refractivity contribution is 0.0504. The van der Waals surface area contributed by atoms with E-state index in [0.29, 0.717) is 19.8 Å².